The number of anilines is 1. The number of benzene rings is 1. The van der Waals surface area contributed by atoms with Gasteiger partial charge in [0.15, 0.2) is 0 Å². The largest absolute Gasteiger partial charge is 0.326 e. The van der Waals surface area contributed by atoms with Gasteiger partial charge in [0.2, 0.25) is 5.91 Å². The van der Waals surface area contributed by atoms with Crippen molar-refractivity contribution in [2.45, 2.75) is 31.0 Å². The summed E-state index contributed by atoms with van der Waals surface area (Å²) in [6, 6.07) is 9.11. The standard InChI is InChI=1S/C17H20N2O3S2/c1-12(2)17(20)18-15-6-5-13-7-8-19(11-14(13)10-15)24(21,22)16-4-3-9-23-16/h3-6,9-10,12H,7-8,11H2,1-2H3,(H,18,20). The molecular weight excluding hydrogens is 344 g/mol. The molecule has 0 atom stereocenters. The van der Waals surface area contributed by atoms with E-state index in [2.05, 4.69) is 5.32 Å². The molecule has 24 heavy (non-hydrogen) atoms. The van der Waals surface area contributed by atoms with Crippen LogP contribution in [0.4, 0.5) is 5.69 Å². The molecule has 3 rings (SSSR count). The first-order valence-electron chi connectivity index (χ1n) is 7.84. The Hall–Kier alpha value is -1.70. The summed E-state index contributed by atoms with van der Waals surface area (Å²) < 4.78 is 27.2. The first kappa shape index (κ1) is 17.1. The van der Waals surface area contributed by atoms with Crippen molar-refractivity contribution in [2.75, 3.05) is 11.9 Å². The number of sulfonamides is 1. The number of amides is 1. The van der Waals surface area contributed by atoms with Crippen molar-refractivity contribution < 1.29 is 13.2 Å². The van der Waals surface area contributed by atoms with Crippen LogP contribution in [-0.2, 0) is 27.8 Å². The second-order valence-electron chi connectivity index (χ2n) is 6.15. The fourth-order valence-corrected chi connectivity index (χ4v) is 5.20. The van der Waals surface area contributed by atoms with Gasteiger partial charge in [-0.1, -0.05) is 26.0 Å². The summed E-state index contributed by atoms with van der Waals surface area (Å²) in [6.07, 6.45) is 0.679. The lowest BCUT2D eigenvalue weighted by atomic mass is 10.0. The topological polar surface area (TPSA) is 66.5 Å². The van der Waals surface area contributed by atoms with E-state index >= 15 is 0 Å². The van der Waals surface area contributed by atoms with Gasteiger partial charge in [0.25, 0.3) is 10.0 Å². The van der Waals surface area contributed by atoms with Gasteiger partial charge >= 0.3 is 0 Å². The lowest BCUT2D eigenvalue weighted by Gasteiger charge is -2.28. The molecule has 2 aromatic rings. The van der Waals surface area contributed by atoms with Crippen molar-refractivity contribution in [3.8, 4) is 0 Å². The molecule has 0 aliphatic carbocycles. The average Bonchev–Trinajstić information content (AvgIpc) is 3.09. The van der Waals surface area contributed by atoms with Gasteiger partial charge in [-0.3, -0.25) is 4.79 Å². The number of carbonyl (C=O) groups is 1. The molecule has 5 nitrogen and oxygen atoms in total. The molecule has 1 aliphatic heterocycles. The predicted molar refractivity (Wildman–Crippen MR) is 95.5 cm³/mol. The zero-order valence-electron chi connectivity index (χ0n) is 13.7. The van der Waals surface area contributed by atoms with Crippen LogP contribution in [-0.4, -0.2) is 25.2 Å². The molecule has 0 bridgehead atoms. The molecule has 0 unspecified atom stereocenters. The van der Waals surface area contributed by atoms with Gasteiger partial charge < -0.3 is 5.32 Å². The number of nitrogens with one attached hydrogen (secondary N) is 1. The third-order valence-corrected chi connectivity index (χ3v) is 7.28. The third kappa shape index (κ3) is 3.38. The van der Waals surface area contributed by atoms with Crippen LogP contribution < -0.4 is 5.32 Å². The maximum absolute atomic E-state index is 12.7. The predicted octanol–water partition coefficient (Wildman–Crippen LogP) is 3.09. The molecule has 128 valence electrons. The van der Waals surface area contributed by atoms with Crippen LogP contribution in [0.2, 0.25) is 0 Å². The Labute approximate surface area is 146 Å². The van der Waals surface area contributed by atoms with Gasteiger partial charge in [0.05, 0.1) is 0 Å². The Bertz CT molecular complexity index is 843. The lowest BCUT2D eigenvalue weighted by molar-refractivity contribution is -0.118. The van der Waals surface area contributed by atoms with E-state index in [0.29, 0.717) is 29.4 Å². The molecule has 0 saturated carbocycles. The van der Waals surface area contributed by atoms with Crippen molar-refractivity contribution in [1.29, 1.82) is 0 Å². The molecule has 0 saturated heterocycles. The zero-order valence-corrected chi connectivity index (χ0v) is 15.3. The first-order valence-corrected chi connectivity index (χ1v) is 10.2. The van der Waals surface area contributed by atoms with Crippen LogP contribution >= 0.6 is 11.3 Å². The Morgan fingerprint density at radius 3 is 2.71 bits per heavy atom. The third-order valence-electron chi connectivity index (χ3n) is 4.06. The van der Waals surface area contributed by atoms with E-state index in [0.717, 1.165) is 11.1 Å². The van der Waals surface area contributed by atoms with Crippen LogP contribution in [0.1, 0.15) is 25.0 Å². The summed E-state index contributed by atoms with van der Waals surface area (Å²) in [7, 11) is -3.45. The van der Waals surface area contributed by atoms with E-state index in [1.54, 1.807) is 17.5 Å². The van der Waals surface area contributed by atoms with E-state index in [1.807, 2.05) is 32.0 Å². The highest BCUT2D eigenvalue weighted by Gasteiger charge is 2.29. The van der Waals surface area contributed by atoms with Crippen molar-refractivity contribution in [1.82, 2.24) is 4.31 Å². The average molecular weight is 364 g/mol. The van der Waals surface area contributed by atoms with Crippen LogP contribution in [0.3, 0.4) is 0 Å². The van der Waals surface area contributed by atoms with Crippen molar-refractivity contribution in [2.24, 2.45) is 5.92 Å². The van der Waals surface area contributed by atoms with Gasteiger partial charge in [-0.25, -0.2) is 8.42 Å². The highest BCUT2D eigenvalue weighted by atomic mass is 32.2. The molecule has 1 N–H and O–H groups in total. The summed E-state index contributed by atoms with van der Waals surface area (Å²) in [6.45, 7) is 4.48. The van der Waals surface area contributed by atoms with Crippen LogP contribution in [0, 0.1) is 5.92 Å². The molecule has 1 aromatic carbocycles. The quantitative estimate of drug-likeness (QED) is 0.906. The van der Waals surface area contributed by atoms with Crippen molar-refractivity contribution in [3.63, 3.8) is 0 Å². The van der Waals surface area contributed by atoms with E-state index in [4.69, 9.17) is 0 Å². The molecule has 7 heteroatoms. The number of nitrogens with zero attached hydrogens (tertiary/aromatic N) is 1. The molecule has 1 aliphatic rings. The Kier molecular flexibility index (Phi) is 4.76. The van der Waals surface area contributed by atoms with Gasteiger partial charge in [0, 0.05) is 24.7 Å². The molecule has 0 spiro atoms. The van der Waals surface area contributed by atoms with Gasteiger partial charge in [-0.05, 0) is 41.1 Å². The second-order valence-corrected chi connectivity index (χ2v) is 9.26. The van der Waals surface area contributed by atoms with Gasteiger partial charge in [-0.2, -0.15) is 4.31 Å². The van der Waals surface area contributed by atoms with E-state index in [1.165, 1.54) is 15.6 Å². The highest BCUT2D eigenvalue weighted by molar-refractivity contribution is 7.91. The fourth-order valence-electron chi connectivity index (χ4n) is 2.64. The minimum atomic E-state index is -3.45. The number of carbonyl (C=O) groups excluding carboxylic acids is 1. The fraction of sp³-hybridized carbons (Fsp3) is 0.353. The Balaban J connectivity index is 1.83. The van der Waals surface area contributed by atoms with Crippen LogP contribution in [0.5, 0.6) is 0 Å². The number of hydrogen-bond donors (Lipinski definition) is 1. The molecule has 0 fully saturated rings. The zero-order chi connectivity index (χ0) is 17.3. The van der Waals surface area contributed by atoms with Crippen molar-refractivity contribution >= 4 is 33.0 Å². The van der Waals surface area contributed by atoms with E-state index < -0.39 is 10.0 Å². The Morgan fingerprint density at radius 2 is 2.04 bits per heavy atom. The smallest absolute Gasteiger partial charge is 0.252 e. The van der Waals surface area contributed by atoms with Crippen LogP contribution in [0.25, 0.3) is 0 Å². The molecule has 1 amide bonds. The summed E-state index contributed by atoms with van der Waals surface area (Å²) >= 11 is 1.23. The SMILES string of the molecule is CC(C)C(=O)Nc1ccc2c(c1)CN(S(=O)(=O)c1cccs1)CC2. The number of hydrogen-bond acceptors (Lipinski definition) is 4. The molecule has 2 heterocycles. The van der Waals surface area contributed by atoms with Crippen LogP contribution in [0.15, 0.2) is 39.9 Å². The normalized spacial score (nSPS) is 15.3. The van der Waals surface area contributed by atoms with Gasteiger partial charge in [-0.15, -0.1) is 11.3 Å². The Morgan fingerprint density at radius 1 is 1.25 bits per heavy atom. The minimum absolute atomic E-state index is 0.0474. The molecular formula is C17H20N2O3S2. The maximum atomic E-state index is 12.7. The first-order chi connectivity index (χ1) is 11.4. The van der Waals surface area contributed by atoms with Gasteiger partial charge in [0.1, 0.15) is 4.21 Å². The van der Waals surface area contributed by atoms with E-state index in [-0.39, 0.29) is 11.8 Å². The summed E-state index contributed by atoms with van der Waals surface area (Å²) in [5.41, 5.74) is 2.79. The minimum Gasteiger partial charge on any atom is -0.326 e. The lowest BCUT2D eigenvalue weighted by Crippen LogP contribution is -2.35. The molecule has 1 aromatic heterocycles. The second kappa shape index (κ2) is 6.66. The number of rotatable bonds is 4. The van der Waals surface area contributed by atoms with E-state index in [9.17, 15) is 13.2 Å². The monoisotopic (exact) mass is 364 g/mol. The summed E-state index contributed by atoms with van der Waals surface area (Å²) in [4.78, 5) is 11.8. The summed E-state index contributed by atoms with van der Waals surface area (Å²) in [5.74, 6) is -0.148. The summed E-state index contributed by atoms with van der Waals surface area (Å²) in [5, 5.41) is 4.64. The number of fused-ring (bicyclic) bond motifs is 1. The highest BCUT2D eigenvalue weighted by Crippen LogP contribution is 2.28. The molecule has 0 radical (unpaired) electrons. The number of thiophene rings is 1. The maximum Gasteiger partial charge on any atom is 0.252 e. The van der Waals surface area contributed by atoms with Crippen molar-refractivity contribution in [3.05, 3.63) is 46.8 Å².